The Kier molecular flexibility index (Phi) is 11.5. The summed E-state index contributed by atoms with van der Waals surface area (Å²) in [6.45, 7) is 9.10. The van der Waals surface area contributed by atoms with Crippen molar-refractivity contribution in [3.8, 4) is 0 Å². The van der Waals surface area contributed by atoms with E-state index >= 15 is 0 Å². The number of ether oxygens (including phenoxy) is 2. The zero-order valence-electron chi connectivity index (χ0n) is 28.5. The van der Waals surface area contributed by atoms with Crippen molar-refractivity contribution >= 4 is 42.2 Å². The van der Waals surface area contributed by atoms with E-state index in [0.29, 0.717) is 17.9 Å². The van der Waals surface area contributed by atoms with E-state index in [-0.39, 0.29) is 22.7 Å². The standard InChI is InChI=1S/C30H42F3N6O10PS/c1-7-8-15(2)29(25(42)51,27(3,4)5)48-23(39(49-50(44,45)46)13-16-9-11-17(12-10-16)30(31,32)33)19-20(40)28(6,43)24(47-19)38-14-35-18-21(38)36-26(34)37-22(18)41/h9-12,14-15,19-20,23-24,40,43H,7-8,13H2,1-6H3,(H,42,51)(H2,44,45,46)(H3,34,36,37,41)/t15?,19-,20+,23?,24+,28+,29?/m0/s1. The number of halogens is 3. The normalized spacial score (nSPS) is 24.2. The molecule has 21 heteroatoms. The highest BCUT2D eigenvalue weighted by Gasteiger charge is 2.61. The van der Waals surface area contributed by atoms with E-state index in [1.807, 2.05) is 6.92 Å². The maximum atomic E-state index is 13.4. The number of H-pyrrole nitrogens is 1. The fraction of sp³-hybridized carbons (Fsp3) is 0.600. The number of hydrogen-bond donors (Lipinski definition) is 7. The summed E-state index contributed by atoms with van der Waals surface area (Å²) in [5, 5.41) is 34.6. The molecule has 2 aromatic heterocycles. The number of imidazole rings is 1. The van der Waals surface area contributed by atoms with Crippen molar-refractivity contribution in [2.45, 2.75) is 103 Å². The van der Waals surface area contributed by atoms with Crippen molar-refractivity contribution in [3.05, 3.63) is 52.1 Å². The van der Waals surface area contributed by atoms with Crippen molar-refractivity contribution in [3.63, 3.8) is 0 Å². The maximum absolute atomic E-state index is 13.4. The van der Waals surface area contributed by atoms with Crippen LogP contribution in [0, 0.1) is 11.3 Å². The van der Waals surface area contributed by atoms with Crippen LogP contribution in [0.5, 0.6) is 0 Å². The minimum Gasteiger partial charge on any atom is -0.500 e. The number of nitrogen functional groups attached to an aromatic ring is 1. The summed E-state index contributed by atoms with van der Waals surface area (Å²) in [5.74, 6) is -0.920. The van der Waals surface area contributed by atoms with Crippen LogP contribution >= 0.6 is 20.0 Å². The number of nitrogens with two attached hydrogens (primary N) is 1. The Morgan fingerprint density at radius 2 is 1.86 bits per heavy atom. The Morgan fingerprint density at radius 3 is 2.37 bits per heavy atom. The SMILES string of the molecule is CCCC(C)C(OC([C@H]1O[C@@H](n2cnc3c(=O)[nH]c(N)nc32)[C@](C)(O)[C@@H]1O)N(Cc1ccc(C(F)(F)F)cc1)OP(=O)(O)O)(C(O)=S)C(C)(C)C. The molecule has 284 valence electrons. The average Bonchev–Trinajstić information content (AvgIpc) is 3.49. The summed E-state index contributed by atoms with van der Waals surface area (Å²) in [6, 6.07) is 3.58. The van der Waals surface area contributed by atoms with Gasteiger partial charge in [0.1, 0.15) is 23.4 Å². The second-order valence-electron chi connectivity index (χ2n) is 13.7. The lowest BCUT2D eigenvalue weighted by atomic mass is 9.68. The van der Waals surface area contributed by atoms with Gasteiger partial charge in [-0.1, -0.05) is 53.2 Å². The number of hydroxylamine groups is 2. The zero-order valence-corrected chi connectivity index (χ0v) is 30.2. The molecule has 0 bridgehead atoms. The number of aliphatic hydroxyl groups excluding tert-OH is 2. The number of aromatic amines is 1. The number of fused-ring (bicyclic) bond motifs is 1. The maximum Gasteiger partial charge on any atom is 0.486 e. The van der Waals surface area contributed by atoms with Crippen LogP contribution in [0.4, 0.5) is 19.1 Å². The molecule has 51 heavy (non-hydrogen) atoms. The zero-order chi connectivity index (χ0) is 38.5. The van der Waals surface area contributed by atoms with Gasteiger partial charge in [-0.2, -0.15) is 22.8 Å². The Morgan fingerprint density at radius 1 is 1.25 bits per heavy atom. The number of aromatic nitrogens is 4. The second-order valence-corrected chi connectivity index (χ2v) is 15.3. The van der Waals surface area contributed by atoms with Crippen molar-refractivity contribution in [1.82, 2.24) is 24.6 Å². The molecular formula is C30H42F3N6O10PS. The molecule has 1 aliphatic heterocycles. The van der Waals surface area contributed by atoms with Crippen molar-refractivity contribution in [1.29, 1.82) is 0 Å². The van der Waals surface area contributed by atoms with Crippen LogP contribution in [0.15, 0.2) is 35.4 Å². The Bertz CT molecular complexity index is 1830. The van der Waals surface area contributed by atoms with Crippen LogP contribution in [0.1, 0.15) is 71.7 Å². The second kappa shape index (κ2) is 14.4. The molecule has 7 atom stereocenters. The first-order valence-electron chi connectivity index (χ1n) is 15.7. The topological polar surface area (TPSA) is 239 Å². The molecule has 8 N–H and O–H groups in total. The summed E-state index contributed by atoms with van der Waals surface area (Å²) in [5.41, 5.74) is -1.52. The Balaban J connectivity index is 1.94. The molecule has 1 saturated heterocycles. The monoisotopic (exact) mass is 766 g/mol. The summed E-state index contributed by atoms with van der Waals surface area (Å²) in [4.78, 5) is 43.0. The number of thiocarbonyl (C=S) groups is 1. The Hall–Kier alpha value is -3.04. The molecule has 1 aromatic carbocycles. The molecule has 3 heterocycles. The summed E-state index contributed by atoms with van der Waals surface area (Å²) in [6.07, 6.45) is -10.0. The molecule has 0 amide bonds. The third kappa shape index (κ3) is 8.14. The number of alkyl halides is 3. The molecule has 16 nitrogen and oxygen atoms in total. The Labute approximate surface area is 295 Å². The number of benzene rings is 1. The van der Waals surface area contributed by atoms with Crippen molar-refractivity contribution in [2.24, 2.45) is 11.3 Å². The fourth-order valence-corrected chi connectivity index (χ4v) is 7.52. The van der Waals surface area contributed by atoms with E-state index in [4.69, 9.17) is 32.0 Å². The molecule has 3 unspecified atom stereocenters. The molecule has 3 aromatic rings. The largest absolute Gasteiger partial charge is 0.500 e. The van der Waals surface area contributed by atoms with Crippen LogP contribution in [0.2, 0.25) is 0 Å². The lowest BCUT2D eigenvalue weighted by Crippen LogP contribution is -2.63. The predicted octanol–water partition coefficient (Wildman–Crippen LogP) is 3.71. The molecule has 0 spiro atoms. The first-order valence-corrected chi connectivity index (χ1v) is 17.7. The van der Waals surface area contributed by atoms with Gasteiger partial charge < -0.3 is 40.3 Å². The van der Waals surface area contributed by atoms with Crippen LogP contribution in [-0.2, 0) is 31.4 Å². The molecular weight excluding hydrogens is 724 g/mol. The summed E-state index contributed by atoms with van der Waals surface area (Å²) >= 11 is 5.37. The highest BCUT2D eigenvalue weighted by molar-refractivity contribution is 7.80. The van der Waals surface area contributed by atoms with E-state index in [9.17, 15) is 47.6 Å². The van der Waals surface area contributed by atoms with E-state index in [1.165, 1.54) is 6.92 Å². The van der Waals surface area contributed by atoms with Crippen molar-refractivity contribution in [2.75, 3.05) is 5.73 Å². The lowest BCUT2D eigenvalue weighted by molar-refractivity contribution is -0.299. The first kappa shape index (κ1) is 40.7. The quantitative estimate of drug-likeness (QED) is 0.0568. The molecule has 0 radical (unpaired) electrons. The van der Waals surface area contributed by atoms with Gasteiger partial charge in [0.05, 0.1) is 18.4 Å². The number of rotatable bonds is 13. The van der Waals surface area contributed by atoms with Crippen LogP contribution in [-0.4, -0.2) is 84.4 Å². The first-order chi connectivity index (χ1) is 23.3. The van der Waals surface area contributed by atoms with Gasteiger partial charge >= 0.3 is 14.0 Å². The lowest BCUT2D eigenvalue weighted by Gasteiger charge is -2.50. The van der Waals surface area contributed by atoms with Crippen LogP contribution in [0.25, 0.3) is 11.2 Å². The number of hydrogen-bond acceptors (Lipinski definition) is 12. The minimum atomic E-state index is -5.52. The minimum absolute atomic E-state index is 0.0369. The molecule has 1 aliphatic rings. The van der Waals surface area contributed by atoms with Crippen molar-refractivity contribution < 1.29 is 56.9 Å². The summed E-state index contributed by atoms with van der Waals surface area (Å²) < 4.78 is 71.6. The molecule has 4 rings (SSSR count). The van der Waals surface area contributed by atoms with E-state index < -0.39 is 83.9 Å². The van der Waals surface area contributed by atoms with Gasteiger partial charge in [-0.3, -0.25) is 14.3 Å². The van der Waals surface area contributed by atoms with E-state index in [2.05, 4.69) is 15.0 Å². The van der Waals surface area contributed by atoms with Gasteiger partial charge in [-0.25, -0.2) is 9.55 Å². The van der Waals surface area contributed by atoms with Gasteiger partial charge in [-0.05, 0) is 54.6 Å². The fourth-order valence-electron chi connectivity index (χ4n) is 6.54. The summed E-state index contributed by atoms with van der Waals surface area (Å²) in [7, 11) is -5.52. The number of anilines is 1. The number of phosphoric acid groups is 1. The smallest absolute Gasteiger partial charge is 0.486 e. The highest BCUT2D eigenvalue weighted by Crippen LogP contribution is 2.49. The van der Waals surface area contributed by atoms with Gasteiger partial charge in [0, 0.05) is 0 Å². The van der Waals surface area contributed by atoms with E-state index in [1.54, 1.807) is 27.7 Å². The third-order valence-electron chi connectivity index (χ3n) is 8.95. The van der Waals surface area contributed by atoms with Gasteiger partial charge in [-0.15, -0.1) is 5.06 Å². The predicted molar refractivity (Wildman–Crippen MR) is 180 cm³/mol. The number of aliphatic hydroxyl groups is 3. The van der Waals surface area contributed by atoms with E-state index in [0.717, 1.165) is 35.2 Å². The van der Waals surface area contributed by atoms with Crippen LogP contribution in [0.3, 0.4) is 0 Å². The average molecular weight is 767 g/mol. The number of nitrogens with zero attached hydrogens (tertiary/aromatic N) is 4. The molecule has 0 aliphatic carbocycles. The van der Waals surface area contributed by atoms with Gasteiger partial charge in [0.15, 0.2) is 28.7 Å². The third-order valence-corrected chi connectivity index (χ3v) is 9.68. The van der Waals surface area contributed by atoms with Gasteiger partial charge in [0.2, 0.25) is 5.95 Å². The van der Waals surface area contributed by atoms with Gasteiger partial charge in [0.25, 0.3) is 5.56 Å². The molecule has 0 saturated carbocycles. The van der Waals surface area contributed by atoms with Crippen LogP contribution < -0.4 is 11.3 Å². The molecule has 1 fully saturated rings. The highest BCUT2D eigenvalue weighted by atomic mass is 32.1. The number of nitrogens with one attached hydrogen (secondary N) is 1.